The van der Waals surface area contributed by atoms with E-state index >= 15 is 0 Å². The molecule has 2 N–H and O–H groups in total. The predicted octanol–water partition coefficient (Wildman–Crippen LogP) is 1.45. The quantitative estimate of drug-likeness (QED) is 0.811. The number of hydrogen-bond acceptors (Lipinski definition) is 4. The molecule has 5 heteroatoms. The second kappa shape index (κ2) is 5.63. The van der Waals surface area contributed by atoms with E-state index in [1.165, 1.54) is 0 Å². The molecule has 1 rings (SSSR count). The molecule has 1 aromatic rings. The molecule has 1 aromatic heterocycles. The fraction of sp³-hybridized carbons (Fsp3) is 0.500. The molecule has 0 aliphatic rings. The third kappa shape index (κ3) is 3.71. The zero-order valence-electron chi connectivity index (χ0n) is 10.7. The lowest BCUT2D eigenvalue weighted by Crippen LogP contribution is -2.30. The Hall–Kier alpha value is -1.62. The predicted molar refractivity (Wildman–Crippen MR) is 67.6 cm³/mol. The maximum Gasteiger partial charge on any atom is 0.339 e. The highest BCUT2D eigenvalue weighted by molar-refractivity contribution is 5.94. The van der Waals surface area contributed by atoms with Gasteiger partial charge in [0.15, 0.2) is 0 Å². The lowest BCUT2D eigenvalue weighted by atomic mass is 10.1. The molecule has 0 fully saturated rings. The van der Waals surface area contributed by atoms with E-state index in [0.29, 0.717) is 11.4 Å². The molecule has 0 aromatic carbocycles. The number of rotatable bonds is 5. The summed E-state index contributed by atoms with van der Waals surface area (Å²) < 4.78 is 0. The SMILES string of the molecule is Cc1ccnc(NC(C)CN(C)C)c1C(=O)O. The summed E-state index contributed by atoms with van der Waals surface area (Å²) in [5.41, 5.74) is 0.963. The lowest BCUT2D eigenvalue weighted by Gasteiger charge is -2.20. The van der Waals surface area contributed by atoms with Crippen molar-refractivity contribution in [3.05, 3.63) is 23.4 Å². The van der Waals surface area contributed by atoms with Crippen LogP contribution in [0.15, 0.2) is 12.3 Å². The third-order valence-electron chi connectivity index (χ3n) is 2.40. The summed E-state index contributed by atoms with van der Waals surface area (Å²) >= 11 is 0. The van der Waals surface area contributed by atoms with Gasteiger partial charge in [0.25, 0.3) is 0 Å². The normalized spacial score (nSPS) is 12.5. The van der Waals surface area contributed by atoms with Crippen molar-refractivity contribution in [1.29, 1.82) is 0 Å². The fourth-order valence-electron chi connectivity index (χ4n) is 1.76. The number of carboxylic acids is 1. The van der Waals surface area contributed by atoms with Crippen LogP contribution in [0, 0.1) is 6.92 Å². The first-order chi connectivity index (χ1) is 7.91. The van der Waals surface area contributed by atoms with Crippen molar-refractivity contribution in [3.63, 3.8) is 0 Å². The van der Waals surface area contributed by atoms with Gasteiger partial charge < -0.3 is 15.3 Å². The van der Waals surface area contributed by atoms with Crippen molar-refractivity contribution < 1.29 is 9.90 Å². The van der Waals surface area contributed by atoms with Gasteiger partial charge in [0.2, 0.25) is 0 Å². The number of aromatic nitrogens is 1. The van der Waals surface area contributed by atoms with E-state index in [-0.39, 0.29) is 11.6 Å². The van der Waals surface area contributed by atoms with Crippen LogP contribution in [0.5, 0.6) is 0 Å². The number of carbonyl (C=O) groups is 1. The number of aromatic carboxylic acids is 1. The Bertz CT molecular complexity index is 405. The smallest absolute Gasteiger partial charge is 0.339 e. The molecule has 1 atom stereocenters. The zero-order chi connectivity index (χ0) is 13.0. The summed E-state index contributed by atoms with van der Waals surface area (Å²) in [6.07, 6.45) is 1.62. The van der Waals surface area contributed by atoms with Gasteiger partial charge in [0.05, 0.1) is 0 Å². The molecule has 1 unspecified atom stereocenters. The van der Waals surface area contributed by atoms with E-state index in [1.54, 1.807) is 19.2 Å². The van der Waals surface area contributed by atoms with Crippen molar-refractivity contribution in [1.82, 2.24) is 9.88 Å². The van der Waals surface area contributed by atoms with E-state index in [2.05, 4.69) is 10.3 Å². The van der Waals surface area contributed by atoms with Crippen LogP contribution in [-0.2, 0) is 0 Å². The average molecular weight is 237 g/mol. The number of aryl methyl sites for hydroxylation is 1. The highest BCUT2D eigenvalue weighted by Crippen LogP contribution is 2.17. The van der Waals surface area contributed by atoms with E-state index in [9.17, 15) is 4.79 Å². The van der Waals surface area contributed by atoms with Crippen LogP contribution >= 0.6 is 0 Å². The van der Waals surface area contributed by atoms with Gasteiger partial charge in [0.1, 0.15) is 11.4 Å². The number of pyridine rings is 1. The van der Waals surface area contributed by atoms with Crippen LogP contribution in [0.25, 0.3) is 0 Å². The summed E-state index contributed by atoms with van der Waals surface area (Å²) in [7, 11) is 3.94. The molecule has 0 radical (unpaired) electrons. The first kappa shape index (κ1) is 13.4. The molecule has 0 amide bonds. The van der Waals surface area contributed by atoms with Crippen LogP contribution in [0.2, 0.25) is 0 Å². The van der Waals surface area contributed by atoms with Crippen molar-refractivity contribution >= 4 is 11.8 Å². The second-order valence-electron chi connectivity index (χ2n) is 4.46. The minimum atomic E-state index is -0.949. The van der Waals surface area contributed by atoms with Crippen molar-refractivity contribution in [2.75, 3.05) is 26.0 Å². The second-order valence-corrected chi connectivity index (χ2v) is 4.46. The molecular formula is C12H19N3O2. The summed E-state index contributed by atoms with van der Waals surface area (Å²) in [5.74, 6) is -0.512. The third-order valence-corrected chi connectivity index (χ3v) is 2.40. The van der Waals surface area contributed by atoms with Gasteiger partial charge in [-0.2, -0.15) is 0 Å². The maximum atomic E-state index is 11.2. The van der Waals surface area contributed by atoms with Crippen LogP contribution in [-0.4, -0.2) is 47.6 Å². The van der Waals surface area contributed by atoms with Gasteiger partial charge in [-0.05, 0) is 39.6 Å². The van der Waals surface area contributed by atoms with E-state index < -0.39 is 5.97 Å². The first-order valence-corrected chi connectivity index (χ1v) is 5.52. The van der Waals surface area contributed by atoms with Crippen molar-refractivity contribution in [2.45, 2.75) is 19.9 Å². The number of nitrogens with one attached hydrogen (secondary N) is 1. The van der Waals surface area contributed by atoms with Crippen LogP contribution in [0.3, 0.4) is 0 Å². The monoisotopic (exact) mass is 237 g/mol. The number of hydrogen-bond donors (Lipinski definition) is 2. The van der Waals surface area contributed by atoms with Crippen LogP contribution in [0.4, 0.5) is 5.82 Å². The minimum Gasteiger partial charge on any atom is -0.478 e. The van der Waals surface area contributed by atoms with Gasteiger partial charge >= 0.3 is 5.97 Å². The van der Waals surface area contributed by atoms with Crippen molar-refractivity contribution in [2.24, 2.45) is 0 Å². The molecule has 0 bridgehead atoms. The molecular weight excluding hydrogens is 218 g/mol. The van der Waals surface area contributed by atoms with Crippen LogP contribution < -0.4 is 5.32 Å². The van der Waals surface area contributed by atoms with Gasteiger partial charge in [-0.15, -0.1) is 0 Å². The molecule has 5 nitrogen and oxygen atoms in total. The van der Waals surface area contributed by atoms with Gasteiger partial charge in [-0.1, -0.05) is 0 Å². The molecule has 0 saturated heterocycles. The topological polar surface area (TPSA) is 65.5 Å². The highest BCUT2D eigenvalue weighted by atomic mass is 16.4. The van der Waals surface area contributed by atoms with Crippen LogP contribution in [0.1, 0.15) is 22.8 Å². The van der Waals surface area contributed by atoms with Gasteiger partial charge in [0, 0.05) is 18.8 Å². The Morgan fingerprint density at radius 1 is 1.59 bits per heavy atom. The standard InChI is InChI=1S/C12H19N3O2/c1-8-5-6-13-11(10(8)12(16)17)14-9(2)7-15(3)4/h5-6,9H,7H2,1-4H3,(H,13,14)(H,16,17). The van der Waals surface area contributed by atoms with E-state index in [0.717, 1.165) is 6.54 Å². The molecule has 94 valence electrons. The summed E-state index contributed by atoms with van der Waals surface area (Å²) in [6.45, 7) is 4.58. The Balaban J connectivity index is 2.91. The molecule has 0 aliphatic heterocycles. The molecule has 17 heavy (non-hydrogen) atoms. The maximum absolute atomic E-state index is 11.2. The van der Waals surface area contributed by atoms with Gasteiger partial charge in [-0.3, -0.25) is 0 Å². The lowest BCUT2D eigenvalue weighted by molar-refractivity contribution is 0.0697. The summed E-state index contributed by atoms with van der Waals surface area (Å²) in [6, 6.07) is 1.84. The fourth-order valence-corrected chi connectivity index (χ4v) is 1.76. The molecule has 0 spiro atoms. The average Bonchev–Trinajstić information content (AvgIpc) is 2.15. The summed E-state index contributed by atoms with van der Waals surface area (Å²) in [5, 5.41) is 12.3. The largest absolute Gasteiger partial charge is 0.478 e. The Kier molecular flexibility index (Phi) is 4.45. The number of anilines is 1. The Labute approximate surface area is 101 Å². The summed E-state index contributed by atoms with van der Waals surface area (Å²) in [4.78, 5) is 17.3. The van der Waals surface area contributed by atoms with Crippen molar-refractivity contribution in [3.8, 4) is 0 Å². The number of carboxylic acid groups (broad SMARTS) is 1. The number of nitrogens with zero attached hydrogens (tertiary/aromatic N) is 2. The van der Waals surface area contributed by atoms with E-state index in [4.69, 9.17) is 5.11 Å². The van der Waals surface area contributed by atoms with Gasteiger partial charge in [-0.25, -0.2) is 9.78 Å². The molecule has 1 heterocycles. The Morgan fingerprint density at radius 2 is 2.24 bits per heavy atom. The first-order valence-electron chi connectivity index (χ1n) is 5.52. The highest BCUT2D eigenvalue weighted by Gasteiger charge is 2.15. The van der Waals surface area contributed by atoms with E-state index in [1.807, 2.05) is 25.9 Å². The molecule has 0 aliphatic carbocycles. The molecule has 0 saturated carbocycles. The minimum absolute atomic E-state index is 0.136. The number of likely N-dealkylation sites (N-methyl/N-ethyl adjacent to an activating group) is 1. The Morgan fingerprint density at radius 3 is 2.76 bits per heavy atom. The zero-order valence-corrected chi connectivity index (χ0v) is 10.7.